The Morgan fingerprint density at radius 3 is 2.32 bits per heavy atom. The fraction of sp³-hybridized carbons (Fsp3) is 0.350. The van der Waals surface area contributed by atoms with Crippen LogP contribution in [-0.4, -0.2) is 38.7 Å². The van der Waals surface area contributed by atoms with Gasteiger partial charge < -0.3 is 19.1 Å². The van der Waals surface area contributed by atoms with E-state index in [2.05, 4.69) is 0 Å². The highest BCUT2D eigenvalue weighted by Crippen LogP contribution is 2.30. The molecule has 134 valence electrons. The molecule has 0 aromatic heterocycles. The van der Waals surface area contributed by atoms with Gasteiger partial charge in [-0.1, -0.05) is 12.1 Å². The summed E-state index contributed by atoms with van der Waals surface area (Å²) in [7, 11) is 4.77. The van der Waals surface area contributed by atoms with Crippen LogP contribution in [0.2, 0.25) is 0 Å². The second kappa shape index (κ2) is 8.42. The van der Waals surface area contributed by atoms with E-state index in [1.807, 2.05) is 43.0 Å². The maximum atomic E-state index is 13.0. The number of benzene rings is 2. The van der Waals surface area contributed by atoms with Gasteiger partial charge in [-0.3, -0.25) is 4.79 Å². The molecule has 0 bridgehead atoms. The van der Waals surface area contributed by atoms with Crippen LogP contribution in [0, 0.1) is 0 Å². The van der Waals surface area contributed by atoms with Crippen molar-refractivity contribution >= 4 is 5.91 Å². The highest BCUT2D eigenvalue weighted by Gasteiger charge is 2.22. The number of ether oxygens (including phenoxy) is 3. The normalized spacial score (nSPS) is 11.6. The van der Waals surface area contributed by atoms with Crippen molar-refractivity contribution in [3.63, 3.8) is 0 Å². The second-order valence-corrected chi connectivity index (χ2v) is 5.61. The molecule has 0 aliphatic rings. The Morgan fingerprint density at radius 2 is 1.72 bits per heavy atom. The van der Waals surface area contributed by atoms with Gasteiger partial charge in [-0.05, 0) is 49.7 Å². The van der Waals surface area contributed by atoms with E-state index in [9.17, 15) is 4.79 Å². The first-order valence-electron chi connectivity index (χ1n) is 8.22. The molecule has 25 heavy (non-hydrogen) atoms. The Labute approximate surface area is 149 Å². The summed E-state index contributed by atoms with van der Waals surface area (Å²) >= 11 is 0. The van der Waals surface area contributed by atoms with Crippen molar-refractivity contribution in [1.29, 1.82) is 0 Å². The lowest BCUT2D eigenvalue weighted by molar-refractivity contribution is 0.0701. The summed E-state index contributed by atoms with van der Waals surface area (Å²) in [5.41, 5.74) is 1.59. The molecule has 0 aliphatic heterocycles. The molecule has 0 heterocycles. The molecule has 1 amide bonds. The number of hydrogen-bond acceptors (Lipinski definition) is 4. The summed E-state index contributed by atoms with van der Waals surface area (Å²) in [4.78, 5) is 14.8. The number of hydrogen-bond donors (Lipinski definition) is 0. The Morgan fingerprint density at radius 1 is 1.00 bits per heavy atom. The van der Waals surface area contributed by atoms with E-state index >= 15 is 0 Å². The smallest absolute Gasteiger partial charge is 0.254 e. The topological polar surface area (TPSA) is 48.0 Å². The molecule has 5 nitrogen and oxygen atoms in total. The van der Waals surface area contributed by atoms with Gasteiger partial charge >= 0.3 is 0 Å². The molecule has 0 N–H and O–H groups in total. The lowest BCUT2D eigenvalue weighted by atomic mass is 10.0. The molecule has 0 aliphatic carbocycles. The van der Waals surface area contributed by atoms with Gasteiger partial charge in [0.25, 0.3) is 5.91 Å². The van der Waals surface area contributed by atoms with Gasteiger partial charge in [0.1, 0.15) is 5.75 Å². The van der Waals surface area contributed by atoms with E-state index in [4.69, 9.17) is 14.2 Å². The molecule has 1 atom stereocenters. The van der Waals surface area contributed by atoms with E-state index in [-0.39, 0.29) is 11.9 Å². The van der Waals surface area contributed by atoms with E-state index in [1.54, 1.807) is 39.5 Å². The predicted octanol–water partition coefficient (Wildman–Crippen LogP) is 3.94. The predicted molar refractivity (Wildman–Crippen MR) is 97.7 cm³/mol. The van der Waals surface area contributed by atoms with Crippen LogP contribution in [0.15, 0.2) is 42.5 Å². The van der Waals surface area contributed by atoms with Crippen molar-refractivity contribution in [2.75, 3.05) is 27.9 Å². The van der Waals surface area contributed by atoms with Gasteiger partial charge in [-0.15, -0.1) is 0 Å². The molecular formula is C20H25NO4. The van der Waals surface area contributed by atoms with Crippen LogP contribution in [0.5, 0.6) is 17.2 Å². The van der Waals surface area contributed by atoms with Crippen molar-refractivity contribution in [2.24, 2.45) is 0 Å². The number of carbonyl (C=O) groups excluding carboxylic acids is 1. The SMILES string of the molecule is CCN(C(=O)c1ccc(OC)c(OC)c1)C(C)c1cccc(OC)c1. The van der Waals surface area contributed by atoms with Crippen LogP contribution < -0.4 is 14.2 Å². The van der Waals surface area contributed by atoms with Crippen LogP contribution >= 0.6 is 0 Å². The van der Waals surface area contributed by atoms with Crippen molar-refractivity contribution in [2.45, 2.75) is 19.9 Å². The van der Waals surface area contributed by atoms with E-state index in [0.717, 1.165) is 11.3 Å². The molecule has 2 aromatic rings. The minimum atomic E-state index is -0.0827. The Bertz CT molecular complexity index is 729. The summed E-state index contributed by atoms with van der Waals surface area (Å²) in [5, 5.41) is 0. The monoisotopic (exact) mass is 343 g/mol. The van der Waals surface area contributed by atoms with Gasteiger partial charge in [-0.25, -0.2) is 0 Å². The standard InChI is InChI=1S/C20H25NO4/c1-6-21(14(2)15-8-7-9-17(12-15)23-3)20(22)16-10-11-18(24-4)19(13-16)25-5/h7-14H,6H2,1-5H3. The van der Waals surface area contributed by atoms with Gasteiger partial charge in [0.15, 0.2) is 11.5 Å². The molecule has 0 fully saturated rings. The highest BCUT2D eigenvalue weighted by molar-refractivity contribution is 5.95. The second-order valence-electron chi connectivity index (χ2n) is 5.61. The molecule has 0 saturated carbocycles. The zero-order valence-electron chi connectivity index (χ0n) is 15.4. The lowest BCUT2D eigenvalue weighted by Gasteiger charge is -2.29. The van der Waals surface area contributed by atoms with Crippen molar-refractivity contribution in [3.05, 3.63) is 53.6 Å². The third-order valence-electron chi connectivity index (χ3n) is 4.28. The lowest BCUT2D eigenvalue weighted by Crippen LogP contribution is -2.33. The molecule has 0 saturated heterocycles. The molecule has 5 heteroatoms. The van der Waals surface area contributed by atoms with Crippen LogP contribution in [0.3, 0.4) is 0 Å². The molecule has 0 spiro atoms. The number of carbonyl (C=O) groups is 1. The summed E-state index contributed by atoms with van der Waals surface area (Å²) in [6.07, 6.45) is 0. The number of amides is 1. The zero-order chi connectivity index (χ0) is 18.4. The maximum absolute atomic E-state index is 13.0. The van der Waals surface area contributed by atoms with Crippen LogP contribution in [-0.2, 0) is 0 Å². The first-order chi connectivity index (χ1) is 12.0. The highest BCUT2D eigenvalue weighted by atomic mass is 16.5. The molecule has 0 radical (unpaired) electrons. The Balaban J connectivity index is 2.31. The van der Waals surface area contributed by atoms with Crippen LogP contribution in [0.4, 0.5) is 0 Å². The fourth-order valence-corrected chi connectivity index (χ4v) is 2.81. The van der Waals surface area contributed by atoms with E-state index in [1.165, 1.54) is 0 Å². The van der Waals surface area contributed by atoms with Gasteiger partial charge in [0.05, 0.1) is 27.4 Å². The first-order valence-corrected chi connectivity index (χ1v) is 8.22. The summed E-state index contributed by atoms with van der Waals surface area (Å²) in [5.74, 6) is 1.86. The van der Waals surface area contributed by atoms with E-state index in [0.29, 0.717) is 23.6 Å². The number of rotatable bonds is 7. The largest absolute Gasteiger partial charge is 0.497 e. The maximum Gasteiger partial charge on any atom is 0.254 e. The molecule has 1 unspecified atom stereocenters. The fourth-order valence-electron chi connectivity index (χ4n) is 2.81. The van der Waals surface area contributed by atoms with Crippen molar-refractivity contribution < 1.29 is 19.0 Å². The van der Waals surface area contributed by atoms with E-state index < -0.39 is 0 Å². The third kappa shape index (κ3) is 4.05. The summed E-state index contributed by atoms with van der Waals surface area (Å²) < 4.78 is 15.8. The average molecular weight is 343 g/mol. The van der Waals surface area contributed by atoms with Gasteiger partial charge in [0, 0.05) is 12.1 Å². The summed E-state index contributed by atoms with van der Waals surface area (Å²) in [6.45, 7) is 4.57. The van der Waals surface area contributed by atoms with Crippen molar-refractivity contribution in [3.8, 4) is 17.2 Å². The minimum absolute atomic E-state index is 0.0567. The average Bonchev–Trinajstić information content (AvgIpc) is 2.67. The molecule has 2 rings (SSSR count). The molecular weight excluding hydrogens is 318 g/mol. The number of methoxy groups -OCH3 is 3. The number of nitrogens with zero attached hydrogens (tertiary/aromatic N) is 1. The van der Waals surface area contributed by atoms with Crippen molar-refractivity contribution in [1.82, 2.24) is 4.90 Å². The molecule has 2 aromatic carbocycles. The van der Waals surface area contributed by atoms with Gasteiger partial charge in [0.2, 0.25) is 0 Å². The quantitative estimate of drug-likeness (QED) is 0.764. The minimum Gasteiger partial charge on any atom is -0.497 e. The Kier molecular flexibility index (Phi) is 6.28. The Hall–Kier alpha value is -2.69. The summed E-state index contributed by atoms with van der Waals surface area (Å²) in [6, 6.07) is 12.9. The van der Waals surface area contributed by atoms with Crippen LogP contribution in [0.1, 0.15) is 35.8 Å². The van der Waals surface area contributed by atoms with Crippen LogP contribution in [0.25, 0.3) is 0 Å². The van der Waals surface area contributed by atoms with Gasteiger partial charge in [-0.2, -0.15) is 0 Å². The first kappa shape index (κ1) is 18.6. The zero-order valence-corrected chi connectivity index (χ0v) is 15.4. The third-order valence-corrected chi connectivity index (χ3v) is 4.28.